The number of hydrogen-bond acceptors (Lipinski definition) is 1. The second-order valence-electron chi connectivity index (χ2n) is 2.89. The molecule has 0 aliphatic rings. The lowest BCUT2D eigenvalue weighted by atomic mass is 9.97. The average Bonchev–Trinajstić information content (AvgIpc) is 2.06. The van der Waals surface area contributed by atoms with Crippen LogP contribution < -0.4 is 0 Å². The van der Waals surface area contributed by atoms with Gasteiger partial charge < -0.3 is 0 Å². The molecule has 0 bridgehead atoms. The molecule has 2 heteroatoms. The Morgan fingerprint density at radius 1 is 1.36 bits per heavy atom. The summed E-state index contributed by atoms with van der Waals surface area (Å²) in [4.78, 5) is 10.8. The fourth-order valence-electron chi connectivity index (χ4n) is 1.13. The maximum absolute atomic E-state index is 10.8. The highest BCUT2D eigenvalue weighted by Crippen LogP contribution is 2.14. The van der Waals surface area contributed by atoms with Crippen LogP contribution in [0.2, 0.25) is 0 Å². The maximum Gasteiger partial charge on any atom is 0.147 e. The zero-order chi connectivity index (χ0) is 8.69. The van der Waals surface area contributed by atoms with E-state index in [4.69, 9.17) is 11.6 Å². The molecule has 0 rings (SSSR count). The van der Waals surface area contributed by atoms with Gasteiger partial charge in [-0.1, -0.05) is 26.7 Å². The highest BCUT2D eigenvalue weighted by atomic mass is 35.5. The highest BCUT2D eigenvalue weighted by molar-refractivity contribution is 6.27. The third-order valence-corrected chi connectivity index (χ3v) is 2.43. The Balaban J connectivity index is 3.42. The van der Waals surface area contributed by atoms with Crippen molar-refractivity contribution in [2.75, 3.05) is 5.88 Å². The van der Waals surface area contributed by atoms with Crippen molar-refractivity contribution in [3.8, 4) is 0 Å². The van der Waals surface area contributed by atoms with Gasteiger partial charge in [-0.05, 0) is 12.3 Å². The molecule has 0 atom stereocenters. The van der Waals surface area contributed by atoms with Gasteiger partial charge in [0, 0.05) is 6.42 Å². The van der Waals surface area contributed by atoms with E-state index in [1.807, 2.05) is 0 Å². The first-order valence-electron chi connectivity index (χ1n) is 4.32. The number of halogens is 1. The Bertz CT molecular complexity index is 108. The van der Waals surface area contributed by atoms with Crippen LogP contribution in [0, 0.1) is 5.92 Å². The minimum atomic E-state index is 0.179. The van der Waals surface area contributed by atoms with Gasteiger partial charge >= 0.3 is 0 Å². The van der Waals surface area contributed by atoms with E-state index >= 15 is 0 Å². The van der Waals surface area contributed by atoms with Gasteiger partial charge in [0.15, 0.2) is 0 Å². The minimum absolute atomic E-state index is 0.179. The summed E-state index contributed by atoms with van der Waals surface area (Å²) >= 11 is 5.37. The summed E-state index contributed by atoms with van der Waals surface area (Å²) in [5.74, 6) is 1.07. The van der Waals surface area contributed by atoms with Crippen LogP contribution in [-0.4, -0.2) is 11.7 Å². The fourth-order valence-corrected chi connectivity index (χ4v) is 1.26. The van der Waals surface area contributed by atoms with Crippen LogP contribution in [-0.2, 0) is 4.79 Å². The molecule has 0 N–H and O–H groups in total. The van der Waals surface area contributed by atoms with E-state index in [0.29, 0.717) is 12.3 Å². The number of Topliss-reactive ketones (excluding diaryl/α,β-unsaturated/α-hetero) is 1. The van der Waals surface area contributed by atoms with Gasteiger partial charge in [-0.25, -0.2) is 0 Å². The first-order chi connectivity index (χ1) is 5.24. The predicted molar refractivity (Wildman–Crippen MR) is 49.0 cm³/mol. The van der Waals surface area contributed by atoms with E-state index in [1.54, 1.807) is 0 Å². The van der Waals surface area contributed by atoms with Crippen molar-refractivity contribution >= 4 is 17.4 Å². The van der Waals surface area contributed by atoms with E-state index in [-0.39, 0.29) is 11.7 Å². The van der Waals surface area contributed by atoms with E-state index < -0.39 is 0 Å². The third-order valence-electron chi connectivity index (χ3n) is 2.14. The molecule has 0 aromatic heterocycles. The largest absolute Gasteiger partial charge is 0.298 e. The molecule has 0 heterocycles. The van der Waals surface area contributed by atoms with Gasteiger partial charge in [-0.3, -0.25) is 4.79 Å². The Labute approximate surface area is 74.1 Å². The second kappa shape index (κ2) is 6.66. The van der Waals surface area contributed by atoms with Crippen molar-refractivity contribution in [1.29, 1.82) is 0 Å². The lowest BCUT2D eigenvalue weighted by Crippen LogP contribution is -2.04. The third kappa shape index (κ3) is 5.25. The van der Waals surface area contributed by atoms with Gasteiger partial charge in [0.2, 0.25) is 0 Å². The lowest BCUT2D eigenvalue weighted by molar-refractivity contribution is -0.117. The SMILES string of the molecule is CCC(CC)CCC(=O)CCl. The van der Waals surface area contributed by atoms with Crippen molar-refractivity contribution < 1.29 is 4.79 Å². The smallest absolute Gasteiger partial charge is 0.147 e. The molecule has 66 valence electrons. The van der Waals surface area contributed by atoms with Crippen LogP contribution in [0.3, 0.4) is 0 Å². The van der Waals surface area contributed by atoms with Crippen molar-refractivity contribution in [3.63, 3.8) is 0 Å². The molecule has 0 radical (unpaired) electrons. The standard InChI is InChI=1S/C9H17ClO/c1-3-8(4-2)5-6-9(11)7-10/h8H,3-7H2,1-2H3. The maximum atomic E-state index is 10.8. The van der Waals surface area contributed by atoms with Crippen molar-refractivity contribution in [1.82, 2.24) is 0 Å². The van der Waals surface area contributed by atoms with Crippen molar-refractivity contribution in [3.05, 3.63) is 0 Å². The zero-order valence-corrected chi connectivity index (χ0v) is 8.16. The van der Waals surface area contributed by atoms with Crippen molar-refractivity contribution in [2.45, 2.75) is 39.5 Å². The Morgan fingerprint density at radius 2 is 1.91 bits per heavy atom. The summed E-state index contributed by atoms with van der Waals surface area (Å²) in [5.41, 5.74) is 0. The van der Waals surface area contributed by atoms with E-state index in [2.05, 4.69) is 13.8 Å². The summed E-state index contributed by atoms with van der Waals surface area (Å²) in [5, 5.41) is 0. The number of carbonyl (C=O) groups is 1. The molecule has 0 unspecified atom stereocenters. The molecule has 11 heavy (non-hydrogen) atoms. The summed E-state index contributed by atoms with van der Waals surface area (Å²) < 4.78 is 0. The molecule has 0 aliphatic carbocycles. The number of ketones is 1. The van der Waals surface area contributed by atoms with Crippen LogP contribution in [0.4, 0.5) is 0 Å². The zero-order valence-electron chi connectivity index (χ0n) is 7.40. The normalized spacial score (nSPS) is 10.5. The Morgan fingerprint density at radius 3 is 2.27 bits per heavy atom. The number of carbonyl (C=O) groups excluding carboxylic acids is 1. The molecule has 0 aliphatic heterocycles. The Hall–Kier alpha value is -0.0400. The van der Waals surface area contributed by atoms with Crippen LogP contribution >= 0.6 is 11.6 Å². The van der Waals surface area contributed by atoms with Gasteiger partial charge in [0.1, 0.15) is 5.78 Å². The van der Waals surface area contributed by atoms with E-state index in [9.17, 15) is 4.79 Å². The van der Waals surface area contributed by atoms with Gasteiger partial charge in [0.25, 0.3) is 0 Å². The molecule has 0 spiro atoms. The van der Waals surface area contributed by atoms with Crippen LogP contribution in [0.1, 0.15) is 39.5 Å². The van der Waals surface area contributed by atoms with Gasteiger partial charge in [0.05, 0.1) is 5.88 Å². The molecule has 0 fully saturated rings. The molecule has 0 amide bonds. The molecule has 0 aromatic rings. The number of rotatable bonds is 6. The van der Waals surface area contributed by atoms with E-state index in [0.717, 1.165) is 6.42 Å². The van der Waals surface area contributed by atoms with Crippen LogP contribution in [0.5, 0.6) is 0 Å². The highest BCUT2D eigenvalue weighted by Gasteiger charge is 2.06. The minimum Gasteiger partial charge on any atom is -0.298 e. The monoisotopic (exact) mass is 176 g/mol. The topological polar surface area (TPSA) is 17.1 Å². The summed E-state index contributed by atoms with van der Waals surface area (Å²) in [7, 11) is 0. The predicted octanol–water partition coefficient (Wildman–Crippen LogP) is 3.01. The van der Waals surface area contributed by atoms with Gasteiger partial charge in [-0.2, -0.15) is 0 Å². The number of alkyl halides is 1. The quantitative estimate of drug-likeness (QED) is 0.569. The molecule has 1 nitrogen and oxygen atoms in total. The van der Waals surface area contributed by atoms with Crippen molar-refractivity contribution in [2.24, 2.45) is 5.92 Å². The van der Waals surface area contributed by atoms with Crippen LogP contribution in [0.15, 0.2) is 0 Å². The summed E-state index contributed by atoms with van der Waals surface area (Å²) in [6, 6.07) is 0. The van der Waals surface area contributed by atoms with Crippen LogP contribution in [0.25, 0.3) is 0 Å². The number of hydrogen-bond donors (Lipinski definition) is 0. The molecule has 0 aromatic carbocycles. The molecule has 0 saturated carbocycles. The fraction of sp³-hybridized carbons (Fsp3) is 0.889. The van der Waals surface area contributed by atoms with E-state index in [1.165, 1.54) is 12.8 Å². The molecular weight excluding hydrogens is 160 g/mol. The molecular formula is C9H17ClO. The summed E-state index contributed by atoms with van der Waals surface area (Å²) in [6.45, 7) is 4.33. The lowest BCUT2D eigenvalue weighted by Gasteiger charge is -2.09. The molecule has 0 saturated heterocycles. The summed E-state index contributed by atoms with van der Waals surface area (Å²) in [6.07, 6.45) is 4.02. The first kappa shape index (κ1) is 11.0. The average molecular weight is 177 g/mol. The van der Waals surface area contributed by atoms with Gasteiger partial charge in [-0.15, -0.1) is 11.6 Å². The first-order valence-corrected chi connectivity index (χ1v) is 4.85. The Kier molecular flexibility index (Phi) is 6.63. The second-order valence-corrected chi connectivity index (χ2v) is 3.16.